The van der Waals surface area contributed by atoms with Crippen molar-refractivity contribution in [1.82, 2.24) is 14.9 Å². The third-order valence-corrected chi connectivity index (χ3v) is 5.27. The van der Waals surface area contributed by atoms with E-state index in [1.54, 1.807) is 6.20 Å². The number of aromatic nitrogens is 2. The summed E-state index contributed by atoms with van der Waals surface area (Å²) in [7, 11) is 0. The van der Waals surface area contributed by atoms with Gasteiger partial charge in [-0.15, -0.1) is 11.3 Å². The Morgan fingerprint density at radius 3 is 3.09 bits per heavy atom. The molecular formula is C15H13N3O2S2. The molecular weight excluding hydrogens is 318 g/mol. The van der Waals surface area contributed by atoms with Crippen LogP contribution >= 0.6 is 22.7 Å². The molecule has 1 amide bonds. The van der Waals surface area contributed by atoms with Gasteiger partial charge in [0.1, 0.15) is 6.10 Å². The number of benzene rings is 1. The smallest absolute Gasteiger partial charge is 0.283 e. The van der Waals surface area contributed by atoms with Crippen LogP contribution in [0.1, 0.15) is 16.2 Å². The van der Waals surface area contributed by atoms with Gasteiger partial charge in [-0.05, 0) is 12.1 Å². The third kappa shape index (κ3) is 2.57. The zero-order valence-corrected chi connectivity index (χ0v) is 13.3. The van der Waals surface area contributed by atoms with Crippen LogP contribution in [0.4, 0.5) is 0 Å². The Hall–Kier alpha value is -1.99. The van der Waals surface area contributed by atoms with Crippen molar-refractivity contribution >= 4 is 38.8 Å². The lowest BCUT2D eigenvalue weighted by molar-refractivity contribution is 0.0772. The fourth-order valence-electron chi connectivity index (χ4n) is 2.52. The van der Waals surface area contributed by atoms with Crippen molar-refractivity contribution in [1.29, 1.82) is 0 Å². The number of carbonyl (C=O) groups excluding carboxylic acids is 1. The molecule has 3 heterocycles. The third-order valence-electron chi connectivity index (χ3n) is 3.59. The maximum atomic E-state index is 12.6. The summed E-state index contributed by atoms with van der Waals surface area (Å²) in [5, 5.41) is 3.10. The predicted octanol–water partition coefficient (Wildman–Crippen LogP) is 3.05. The number of likely N-dealkylation sites (tertiary alicyclic amines) is 1. The first-order valence-electron chi connectivity index (χ1n) is 7.00. The first kappa shape index (κ1) is 13.7. The van der Waals surface area contributed by atoms with Crippen LogP contribution in [0.25, 0.3) is 10.2 Å². The molecule has 112 valence electrons. The predicted molar refractivity (Wildman–Crippen MR) is 86.7 cm³/mol. The number of rotatable bonds is 3. The molecule has 0 N–H and O–H groups in total. The number of fused-ring (bicyclic) bond motifs is 1. The molecule has 0 spiro atoms. The van der Waals surface area contributed by atoms with E-state index < -0.39 is 0 Å². The Morgan fingerprint density at radius 2 is 2.27 bits per heavy atom. The lowest BCUT2D eigenvalue weighted by Gasteiger charge is -2.14. The first-order valence-corrected chi connectivity index (χ1v) is 8.70. The summed E-state index contributed by atoms with van der Waals surface area (Å²) in [5.41, 5.74) is 0.880. The van der Waals surface area contributed by atoms with E-state index in [9.17, 15) is 4.79 Å². The maximum Gasteiger partial charge on any atom is 0.283 e. The van der Waals surface area contributed by atoms with E-state index in [1.807, 2.05) is 34.5 Å². The number of para-hydroxylation sites is 1. The average molecular weight is 331 g/mol. The average Bonchev–Trinajstić information content (AvgIpc) is 3.27. The summed E-state index contributed by atoms with van der Waals surface area (Å²) in [5.74, 6) is -0.00793. The summed E-state index contributed by atoms with van der Waals surface area (Å²) in [6.07, 6.45) is 2.57. The number of thiazole rings is 2. The maximum absolute atomic E-state index is 12.6. The normalized spacial score (nSPS) is 18.0. The fourth-order valence-corrected chi connectivity index (χ4v) is 4.00. The van der Waals surface area contributed by atoms with Gasteiger partial charge in [0.25, 0.3) is 11.1 Å². The summed E-state index contributed by atoms with van der Waals surface area (Å²) < 4.78 is 6.83. The molecule has 7 heteroatoms. The highest BCUT2D eigenvalue weighted by atomic mass is 32.1. The molecule has 1 unspecified atom stereocenters. The molecule has 1 aliphatic rings. The Morgan fingerprint density at radius 1 is 1.36 bits per heavy atom. The molecule has 1 aliphatic heterocycles. The van der Waals surface area contributed by atoms with Crippen LogP contribution in [-0.4, -0.2) is 40.0 Å². The standard InChI is InChI=1S/C15H13N3O2S2/c19-14(13-17-11-3-1-2-4-12(11)22-13)18-7-5-10(9-18)20-15-16-6-8-21-15/h1-4,6,8,10H,5,7,9H2. The van der Waals surface area contributed by atoms with Crippen molar-refractivity contribution in [2.75, 3.05) is 13.1 Å². The second-order valence-electron chi connectivity index (χ2n) is 5.06. The Labute approximate surface area is 135 Å². The lowest BCUT2D eigenvalue weighted by atomic mass is 10.3. The Balaban J connectivity index is 1.47. The molecule has 0 bridgehead atoms. The van der Waals surface area contributed by atoms with Gasteiger partial charge in [-0.1, -0.05) is 23.5 Å². The zero-order valence-electron chi connectivity index (χ0n) is 11.6. The van der Waals surface area contributed by atoms with E-state index in [0.29, 0.717) is 23.3 Å². The van der Waals surface area contributed by atoms with Gasteiger partial charge in [-0.25, -0.2) is 9.97 Å². The lowest BCUT2D eigenvalue weighted by Crippen LogP contribution is -2.30. The number of hydrogen-bond acceptors (Lipinski definition) is 6. The minimum atomic E-state index is -0.00793. The minimum Gasteiger partial charge on any atom is -0.465 e. The van der Waals surface area contributed by atoms with Gasteiger partial charge < -0.3 is 9.64 Å². The van der Waals surface area contributed by atoms with E-state index in [0.717, 1.165) is 16.6 Å². The molecule has 1 saturated heterocycles. The van der Waals surface area contributed by atoms with Crippen molar-refractivity contribution in [2.24, 2.45) is 0 Å². The van der Waals surface area contributed by atoms with Crippen LogP contribution in [0.15, 0.2) is 35.8 Å². The SMILES string of the molecule is O=C(c1nc2ccccc2s1)N1CCC(Oc2nccs2)C1. The summed E-state index contributed by atoms with van der Waals surface area (Å²) in [6.45, 7) is 1.29. The van der Waals surface area contributed by atoms with E-state index >= 15 is 0 Å². The van der Waals surface area contributed by atoms with Crippen LogP contribution in [-0.2, 0) is 0 Å². The van der Waals surface area contributed by atoms with Crippen molar-refractivity contribution in [2.45, 2.75) is 12.5 Å². The zero-order chi connectivity index (χ0) is 14.9. The van der Waals surface area contributed by atoms with Gasteiger partial charge in [-0.3, -0.25) is 4.79 Å². The summed E-state index contributed by atoms with van der Waals surface area (Å²) in [6, 6.07) is 7.82. The highest BCUT2D eigenvalue weighted by Gasteiger charge is 2.30. The molecule has 1 fully saturated rings. The molecule has 2 aromatic heterocycles. The van der Waals surface area contributed by atoms with Gasteiger partial charge in [-0.2, -0.15) is 0 Å². The van der Waals surface area contributed by atoms with E-state index in [2.05, 4.69) is 9.97 Å². The second kappa shape index (κ2) is 5.66. The number of amides is 1. The molecule has 3 aromatic rings. The number of nitrogens with zero attached hydrogens (tertiary/aromatic N) is 3. The van der Waals surface area contributed by atoms with E-state index in [4.69, 9.17) is 4.74 Å². The van der Waals surface area contributed by atoms with Crippen LogP contribution < -0.4 is 4.74 Å². The van der Waals surface area contributed by atoms with Crippen molar-refractivity contribution < 1.29 is 9.53 Å². The number of hydrogen-bond donors (Lipinski definition) is 0. The second-order valence-corrected chi connectivity index (χ2v) is 6.95. The first-order chi connectivity index (χ1) is 10.8. The Bertz CT molecular complexity index is 767. The number of carbonyl (C=O) groups is 1. The summed E-state index contributed by atoms with van der Waals surface area (Å²) in [4.78, 5) is 22.9. The largest absolute Gasteiger partial charge is 0.465 e. The molecule has 0 aliphatic carbocycles. The highest BCUT2D eigenvalue weighted by molar-refractivity contribution is 7.20. The molecule has 0 radical (unpaired) electrons. The molecule has 22 heavy (non-hydrogen) atoms. The van der Waals surface area contributed by atoms with Gasteiger partial charge in [0, 0.05) is 24.5 Å². The van der Waals surface area contributed by atoms with E-state index in [1.165, 1.54) is 22.7 Å². The van der Waals surface area contributed by atoms with Gasteiger partial charge in [0.2, 0.25) is 0 Å². The highest BCUT2D eigenvalue weighted by Crippen LogP contribution is 2.25. The van der Waals surface area contributed by atoms with Gasteiger partial charge in [0.05, 0.1) is 16.8 Å². The Kier molecular flexibility index (Phi) is 3.51. The molecule has 1 atom stereocenters. The summed E-state index contributed by atoms with van der Waals surface area (Å²) >= 11 is 2.92. The van der Waals surface area contributed by atoms with E-state index in [-0.39, 0.29) is 12.0 Å². The van der Waals surface area contributed by atoms with Crippen LogP contribution in [0.3, 0.4) is 0 Å². The topological polar surface area (TPSA) is 55.3 Å². The molecule has 5 nitrogen and oxygen atoms in total. The van der Waals surface area contributed by atoms with Crippen LogP contribution in [0.2, 0.25) is 0 Å². The van der Waals surface area contributed by atoms with Gasteiger partial charge in [0.15, 0.2) is 5.01 Å². The van der Waals surface area contributed by atoms with Crippen LogP contribution in [0, 0.1) is 0 Å². The minimum absolute atomic E-state index is 0.00793. The number of ether oxygens (including phenoxy) is 1. The van der Waals surface area contributed by atoms with Crippen molar-refractivity contribution in [3.8, 4) is 5.19 Å². The van der Waals surface area contributed by atoms with Crippen molar-refractivity contribution in [3.05, 3.63) is 40.8 Å². The fraction of sp³-hybridized carbons (Fsp3) is 0.267. The van der Waals surface area contributed by atoms with Crippen molar-refractivity contribution in [3.63, 3.8) is 0 Å². The van der Waals surface area contributed by atoms with Crippen LogP contribution in [0.5, 0.6) is 5.19 Å². The monoisotopic (exact) mass is 331 g/mol. The quantitative estimate of drug-likeness (QED) is 0.740. The van der Waals surface area contributed by atoms with Gasteiger partial charge >= 0.3 is 0 Å². The molecule has 4 rings (SSSR count). The molecule has 1 aromatic carbocycles. The molecule has 0 saturated carbocycles.